The Morgan fingerprint density at radius 1 is 0.853 bits per heavy atom. The number of nitro benzene ring substituents is 1. The molecule has 0 saturated carbocycles. The molecule has 1 aliphatic heterocycles. The Labute approximate surface area is 195 Å². The summed E-state index contributed by atoms with van der Waals surface area (Å²) in [5, 5.41) is 14.8. The third-order valence-corrected chi connectivity index (χ3v) is 6.06. The minimum absolute atomic E-state index is 0.216. The van der Waals surface area contributed by atoms with Crippen LogP contribution in [0.3, 0.4) is 0 Å². The Kier molecular flexibility index (Phi) is 5.55. The number of amides is 2. The number of hydrogen-bond donors (Lipinski definition) is 1. The number of hydrogen-bond acceptors (Lipinski definition) is 6. The van der Waals surface area contributed by atoms with Crippen LogP contribution in [0.1, 0.15) is 12.8 Å². The molecule has 2 aliphatic rings. The Bertz CT molecular complexity index is 1260. The Hall–Kier alpha value is -4.46. The molecule has 1 fully saturated rings. The molecule has 0 spiro atoms. The second-order valence-electron chi connectivity index (χ2n) is 8.19. The van der Waals surface area contributed by atoms with Crippen LogP contribution in [0.2, 0.25) is 0 Å². The predicted octanol–water partition coefficient (Wildman–Crippen LogP) is 5.59. The van der Waals surface area contributed by atoms with Gasteiger partial charge in [-0.25, -0.2) is 4.90 Å². The molecule has 0 radical (unpaired) electrons. The van der Waals surface area contributed by atoms with Gasteiger partial charge in [0, 0.05) is 11.8 Å². The quantitative estimate of drug-likeness (QED) is 0.225. The second kappa shape index (κ2) is 8.82. The highest BCUT2D eigenvalue weighted by Crippen LogP contribution is 2.40. The molecule has 1 aliphatic carbocycles. The molecule has 2 atom stereocenters. The SMILES string of the molecule is O=C1C2CC=CCC2C(=O)N1c1ccc(Nc2ccc(Oc3ccccc3)cc2)c([N+](=O)[O-])c1. The lowest BCUT2D eigenvalue weighted by atomic mass is 9.85. The van der Waals surface area contributed by atoms with E-state index in [0.717, 1.165) is 4.90 Å². The van der Waals surface area contributed by atoms with Gasteiger partial charge in [-0.05, 0) is 61.4 Å². The molecule has 2 amide bonds. The number of imide groups is 1. The molecule has 8 nitrogen and oxygen atoms in total. The number of allylic oxidation sites excluding steroid dienone is 2. The Balaban J connectivity index is 1.36. The molecule has 1 saturated heterocycles. The van der Waals surface area contributed by atoms with Gasteiger partial charge in [-0.1, -0.05) is 30.4 Å². The molecule has 34 heavy (non-hydrogen) atoms. The molecule has 3 aromatic carbocycles. The zero-order chi connectivity index (χ0) is 23.7. The van der Waals surface area contributed by atoms with Gasteiger partial charge in [0.25, 0.3) is 5.69 Å². The van der Waals surface area contributed by atoms with Crippen LogP contribution >= 0.6 is 0 Å². The summed E-state index contributed by atoms with van der Waals surface area (Å²) in [6, 6.07) is 20.7. The Morgan fingerprint density at radius 3 is 2.09 bits per heavy atom. The number of rotatable bonds is 6. The molecule has 1 N–H and O–H groups in total. The molecular weight excluding hydrogens is 434 g/mol. The van der Waals surface area contributed by atoms with Crippen LogP contribution in [-0.2, 0) is 9.59 Å². The molecule has 8 heteroatoms. The molecule has 170 valence electrons. The summed E-state index contributed by atoms with van der Waals surface area (Å²) < 4.78 is 5.77. The minimum atomic E-state index is -0.529. The number of para-hydroxylation sites is 1. The monoisotopic (exact) mass is 455 g/mol. The summed E-state index contributed by atoms with van der Waals surface area (Å²) in [6.45, 7) is 0. The van der Waals surface area contributed by atoms with E-state index in [1.54, 1.807) is 30.3 Å². The van der Waals surface area contributed by atoms with E-state index in [9.17, 15) is 19.7 Å². The summed E-state index contributed by atoms with van der Waals surface area (Å²) in [7, 11) is 0. The van der Waals surface area contributed by atoms with E-state index in [0.29, 0.717) is 30.0 Å². The molecule has 5 rings (SSSR count). The van der Waals surface area contributed by atoms with E-state index in [1.807, 2.05) is 42.5 Å². The van der Waals surface area contributed by atoms with Crippen molar-refractivity contribution in [3.8, 4) is 11.5 Å². The van der Waals surface area contributed by atoms with E-state index in [4.69, 9.17) is 4.74 Å². The van der Waals surface area contributed by atoms with Gasteiger partial charge in [0.15, 0.2) is 0 Å². The van der Waals surface area contributed by atoms with E-state index in [1.165, 1.54) is 12.1 Å². The number of benzene rings is 3. The van der Waals surface area contributed by atoms with Crippen LogP contribution < -0.4 is 15.0 Å². The fourth-order valence-electron chi connectivity index (χ4n) is 4.36. The van der Waals surface area contributed by atoms with Crippen LogP contribution in [0.4, 0.5) is 22.7 Å². The minimum Gasteiger partial charge on any atom is -0.457 e. The molecule has 0 bridgehead atoms. The highest BCUT2D eigenvalue weighted by Gasteiger charge is 2.48. The molecular formula is C26H21N3O5. The maximum absolute atomic E-state index is 12.8. The lowest BCUT2D eigenvalue weighted by Crippen LogP contribution is -2.30. The van der Waals surface area contributed by atoms with E-state index in [2.05, 4.69) is 5.32 Å². The highest BCUT2D eigenvalue weighted by molar-refractivity contribution is 6.22. The first-order valence-corrected chi connectivity index (χ1v) is 10.9. The molecule has 1 heterocycles. The van der Waals surface area contributed by atoms with Crippen molar-refractivity contribution in [1.29, 1.82) is 0 Å². The number of anilines is 3. The van der Waals surface area contributed by atoms with Gasteiger partial charge in [-0.3, -0.25) is 19.7 Å². The van der Waals surface area contributed by atoms with Crippen molar-refractivity contribution in [1.82, 2.24) is 0 Å². The highest BCUT2D eigenvalue weighted by atomic mass is 16.6. The smallest absolute Gasteiger partial charge is 0.294 e. The summed E-state index contributed by atoms with van der Waals surface area (Å²) in [5.74, 6) is -0.0663. The number of fused-ring (bicyclic) bond motifs is 1. The second-order valence-corrected chi connectivity index (χ2v) is 8.19. The maximum atomic E-state index is 12.8. The number of nitrogens with zero attached hydrogens (tertiary/aromatic N) is 2. The van der Waals surface area contributed by atoms with Crippen molar-refractivity contribution in [3.05, 3.63) is 95.1 Å². The van der Waals surface area contributed by atoms with Crippen molar-refractivity contribution < 1.29 is 19.2 Å². The van der Waals surface area contributed by atoms with E-state index >= 15 is 0 Å². The largest absolute Gasteiger partial charge is 0.457 e. The van der Waals surface area contributed by atoms with Crippen LogP contribution in [0, 0.1) is 22.0 Å². The summed E-state index contributed by atoms with van der Waals surface area (Å²) >= 11 is 0. The van der Waals surface area contributed by atoms with Gasteiger partial charge in [0.05, 0.1) is 22.4 Å². The van der Waals surface area contributed by atoms with Gasteiger partial charge in [-0.2, -0.15) is 0 Å². The van der Waals surface area contributed by atoms with Crippen LogP contribution in [0.25, 0.3) is 0 Å². The van der Waals surface area contributed by atoms with Crippen molar-refractivity contribution in [2.75, 3.05) is 10.2 Å². The number of ether oxygens (including phenoxy) is 1. The first-order valence-electron chi connectivity index (χ1n) is 10.9. The standard InChI is InChI=1S/C26H21N3O5/c30-25-21-8-4-5-9-22(21)26(31)28(25)18-12-15-23(24(16-18)29(32)33)27-17-10-13-20(14-11-17)34-19-6-2-1-3-7-19/h1-7,10-16,21-22,27H,8-9H2. The summed E-state index contributed by atoms with van der Waals surface area (Å²) in [6.07, 6.45) is 4.83. The summed E-state index contributed by atoms with van der Waals surface area (Å²) in [4.78, 5) is 38.0. The number of nitrogens with one attached hydrogen (secondary N) is 1. The van der Waals surface area contributed by atoms with Crippen LogP contribution in [0.5, 0.6) is 11.5 Å². The van der Waals surface area contributed by atoms with Crippen molar-refractivity contribution in [2.24, 2.45) is 11.8 Å². The fourth-order valence-corrected chi connectivity index (χ4v) is 4.36. The lowest BCUT2D eigenvalue weighted by molar-refractivity contribution is -0.383. The van der Waals surface area contributed by atoms with Gasteiger partial charge in [-0.15, -0.1) is 0 Å². The zero-order valence-electron chi connectivity index (χ0n) is 18.1. The molecule has 0 aromatic heterocycles. The van der Waals surface area contributed by atoms with Gasteiger partial charge in [0.2, 0.25) is 11.8 Å². The first-order chi connectivity index (χ1) is 16.5. The summed E-state index contributed by atoms with van der Waals surface area (Å²) in [5.41, 5.74) is 0.870. The van der Waals surface area contributed by atoms with Gasteiger partial charge >= 0.3 is 0 Å². The van der Waals surface area contributed by atoms with Gasteiger partial charge in [0.1, 0.15) is 17.2 Å². The first kappa shape index (κ1) is 21.4. The lowest BCUT2D eigenvalue weighted by Gasteiger charge is -2.16. The average Bonchev–Trinajstić information content (AvgIpc) is 3.11. The third kappa shape index (κ3) is 4.01. The van der Waals surface area contributed by atoms with Crippen molar-refractivity contribution in [3.63, 3.8) is 0 Å². The van der Waals surface area contributed by atoms with Crippen molar-refractivity contribution in [2.45, 2.75) is 12.8 Å². The zero-order valence-corrected chi connectivity index (χ0v) is 18.1. The molecule has 2 unspecified atom stereocenters. The average molecular weight is 455 g/mol. The number of carbonyl (C=O) groups excluding carboxylic acids is 2. The molecule has 3 aromatic rings. The van der Waals surface area contributed by atoms with E-state index in [-0.39, 0.29) is 28.9 Å². The third-order valence-electron chi connectivity index (χ3n) is 6.06. The van der Waals surface area contributed by atoms with Crippen molar-refractivity contribution >= 4 is 34.6 Å². The topological polar surface area (TPSA) is 102 Å². The number of nitro groups is 1. The number of carbonyl (C=O) groups is 2. The maximum Gasteiger partial charge on any atom is 0.294 e. The van der Waals surface area contributed by atoms with Gasteiger partial charge < -0.3 is 10.1 Å². The normalized spacial score (nSPS) is 19.1. The Morgan fingerprint density at radius 2 is 1.47 bits per heavy atom. The predicted molar refractivity (Wildman–Crippen MR) is 127 cm³/mol. The fraction of sp³-hybridized carbons (Fsp3) is 0.154. The van der Waals surface area contributed by atoms with Crippen LogP contribution in [0.15, 0.2) is 84.9 Å². The van der Waals surface area contributed by atoms with Crippen LogP contribution in [-0.4, -0.2) is 16.7 Å². The van der Waals surface area contributed by atoms with E-state index < -0.39 is 16.8 Å².